The SMILES string of the molecule is Nc1nccnc1N1CCN2C(C#Cc3cc(Cl)ccc3Cl)CC[C@H]2C1. The van der Waals surface area contributed by atoms with Crippen molar-refractivity contribution in [3.8, 4) is 11.8 Å². The Bertz CT molecular complexity index is 876. The van der Waals surface area contributed by atoms with Gasteiger partial charge in [0.05, 0.1) is 11.1 Å². The Morgan fingerprint density at radius 3 is 2.81 bits per heavy atom. The third-order valence-electron chi connectivity index (χ3n) is 5.01. The largest absolute Gasteiger partial charge is 0.381 e. The Kier molecular flexibility index (Phi) is 4.90. The van der Waals surface area contributed by atoms with E-state index >= 15 is 0 Å². The van der Waals surface area contributed by atoms with Crippen molar-refractivity contribution in [1.29, 1.82) is 0 Å². The monoisotopic (exact) mass is 387 g/mol. The van der Waals surface area contributed by atoms with Gasteiger partial charge in [0.25, 0.3) is 0 Å². The minimum atomic E-state index is 0.247. The van der Waals surface area contributed by atoms with E-state index in [9.17, 15) is 0 Å². The molecule has 2 aromatic rings. The summed E-state index contributed by atoms with van der Waals surface area (Å²) in [6.07, 6.45) is 5.48. The van der Waals surface area contributed by atoms with E-state index in [2.05, 4.69) is 31.6 Å². The van der Waals surface area contributed by atoms with Crippen LogP contribution in [0.1, 0.15) is 18.4 Å². The van der Waals surface area contributed by atoms with E-state index in [0.717, 1.165) is 43.9 Å². The van der Waals surface area contributed by atoms with E-state index in [-0.39, 0.29) is 6.04 Å². The number of benzene rings is 1. The average molecular weight is 388 g/mol. The summed E-state index contributed by atoms with van der Waals surface area (Å²) in [4.78, 5) is 13.3. The van der Waals surface area contributed by atoms with Crippen molar-refractivity contribution in [2.75, 3.05) is 30.3 Å². The van der Waals surface area contributed by atoms with Gasteiger partial charge in [-0.2, -0.15) is 0 Å². The van der Waals surface area contributed by atoms with Gasteiger partial charge in [0, 0.05) is 48.7 Å². The van der Waals surface area contributed by atoms with Crippen LogP contribution in [0.4, 0.5) is 11.6 Å². The van der Waals surface area contributed by atoms with Gasteiger partial charge >= 0.3 is 0 Å². The predicted molar refractivity (Wildman–Crippen MR) is 106 cm³/mol. The molecule has 2 atom stereocenters. The molecule has 0 bridgehead atoms. The Morgan fingerprint density at radius 2 is 1.96 bits per heavy atom. The molecule has 1 aromatic heterocycles. The molecule has 0 amide bonds. The van der Waals surface area contributed by atoms with Crippen molar-refractivity contribution in [1.82, 2.24) is 14.9 Å². The van der Waals surface area contributed by atoms with Crippen LogP contribution in [0.2, 0.25) is 10.0 Å². The zero-order valence-corrected chi connectivity index (χ0v) is 15.7. The maximum absolute atomic E-state index is 6.21. The number of piperazine rings is 1. The first-order chi connectivity index (χ1) is 12.6. The highest BCUT2D eigenvalue weighted by atomic mass is 35.5. The fourth-order valence-electron chi connectivity index (χ4n) is 3.74. The molecule has 0 spiro atoms. The van der Waals surface area contributed by atoms with Gasteiger partial charge in [-0.1, -0.05) is 35.0 Å². The number of halogens is 2. The van der Waals surface area contributed by atoms with Crippen LogP contribution in [-0.2, 0) is 0 Å². The van der Waals surface area contributed by atoms with E-state index in [1.807, 2.05) is 6.07 Å². The first-order valence-electron chi connectivity index (χ1n) is 8.65. The zero-order chi connectivity index (χ0) is 18.1. The second kappa shape index (κ2) is 7.32. The van der Waals surface area contributed by atoms with Gasteiger partial charge in [0.1, 0.15) is 0 Å². The van der Waals surface area contributed by atoms with Crippen molar-refractivity contribution >= 4 is 34.8 Å². The highest BCUT2D eigenvalue weighted by Crippen LogP contribution is 2.30. The van der Waals surface area contributed by atoms with Crippen LogP contribution in [0, 0.1) is 11.8 Å². The lowest BCUT2D eigenvalue weighted by atomic mass is 10.1. The second-order valence-electron chi connectivity index (χ2n) is 6.59. The molecule has 1 aromatic carbocycles. The zero-order valence-electron chi connectivity index (χ0n) is 14.2. The maximum Gasteiger partial charge on any atom is 0.171 e. The number of nitrogens with zero attached hydrogens (tertiary/aromatic N) is 4. The molecule has 5 nitrogen and oxygen atoms in total. The first-order valence-corrected chi connectivity index (χ1v) is 9.41. The molecule has 2 N–H and O–H groups in total. The molecule has 0 radical (unpaired) electrons. The van der Waals surface area contributed by atoms with Gasteiger partial charge in [-0.05, 0) is 31.0 Å². The number of anilines is 2. The summed E-state index contributed by atoms with van der Waals surface area (Å²) in [5.41, 5.74) is 6.77. The molecule has 134 valence electrons. The van der Waals surface area contributed by atoms with E-state index in [1.165, 1.54) is 0 Å². The van der Waals surface area contributed by atoms with E-state index in [4.69, 9.17) is 28.9 Å². The number of fused-ring (bicyclic) bond motifs is 1. The minimum absolute atomic E-state index is 0.247. The van der Waals surface area contributed by atoms with Crippen molar-refractivity contribution in [3.05, 3.63) is 46.2 Å². The highest BCUT2D eigenvalue weighted by molar-refractivity contribution is 6.33. The number of aromatic nitrogens is 2. The van der Waals surface area contributed by atoms with Crippen LogP contribution in [0.15, 0.2) is 30.6 Å². The summed E-state index contributed by atoms with van der Waals surface area (Å²) in [5, 5.41) is 1.29. The number of rotatable bonds is 1. The molecule has 7 heteroatoms. The molecule has 0 aliphatic carbocycles. The van der Waals surface area contributed by atoms with Gasteiger partial charge in [-0.25, -0.2) is 9.97 Å². The summed E-state index contributed by atoms with van der Waals surface area (Å²) in [7, 11) is 0. The van der Waals surface area contributed by atoms with E-state index in [1.54, 1.807) is 24.5 Å². The molecule has 4 rings (SSSR count). The van der Waals surface area contributed by atoms with E-state index in [0.29, 0.717) is 21.9 Å². The Balaban J connectivity index is 1.47. The lowest BCUT2D eigenvalue weighted by Crippen LogP contribution is -2.52. The molecule has 2 aliphatic heterocycles. The number of hydrogen-bond donors (Lipinski definition) is 1. The van der Waals surface area contributed by atoms with Crippen molar-refractivity contribution in [2.45, 2.75) is 24.9 Å². The van der Waals surface area contributed by atoms with E-state index < -0.39 is 0 Å². The normalized spacial score (nSPS) is 22.6. The van der Waals surface area contributed by atoms with Crippen LogP contribution in [0.5, 0.6) is 0 Å². The molecular formula is C19H19Cl2N5. The Labute approximate surface area is 163 Å². The molecule has 3 heterocycles. The van der Waals surface area contributed by atoms with Crippen molar-refractivity contribution in [2.24, 2.45) is 0 Å². The molecule has 2 aliphatic rings. The predicted octanol–water partition coefficient (Wildman–Crippen LogP) is 3.07. The third kappa shape index (κ3) is 3.45. The second-order valence-corrected chi connectivity index (χ2v) is 7.43. The minimum Gasteiger partial charge on any atom is -0.381 e. The van der Waals surface area contributed by atoms with Gasteiger partial charge in [-0.15, -0.1) is 0 Å². The summed E-state index contributed by atoms with van der Waals surface area (Å²) in [6, 6.07) is 6.08. The number of nitrogen functional groups attached to an aromatic ring is 1. The third-order valence-corrected chi connectivity index (χ3v) is 5.57. The Hall–Kier alpha value is -2.00. The number of hydrogen-bond acceptors (Lipinski definition) is 5. The number of nitrogens with two attached hydrogens (primary N) is 1. The fraction of sp³-hybridized carbons (Fsp3) is 0.368. The topological polar surface area (TPSA) is 58.3 Å². The smallest absolute Gasteiger partial charge is 0.171 e. The summed E-state index contributed by atoms with van der Waals surface area (Å²) >= 11 is 12.3. The quantitative estimate of drug-likeness (QED) is 0.761. The summed E-state index contributed by atoms with van der Waals surface area (Å²) in [5.74, 6) is 7.89. The molecule has 0 saturated carbocycles. The van der Waals surface area contributed by atoms with Crippen LogP contribution in [-0.4, -0.2) is 46.6 Å². The van der Waals surface area contributed by atoms with Gasteiger partial charge < -0.3 is 10.6 Å². The van der Waals surface area contributed by atoms with Crippen molar-refractivity contribution < 1.29 is 0 Å². The lowest BCUT2D eigenvalue weighted by molar-refractivity contribution is 0.203. The maximum atomic E-state index is 6.21. The molecule has 2 fully saturated rings. The van der Waals surface area contributed by atoms with Crippen LogP contribution in [0.25, 0.3) is 0 Å². The standard InChI is InChI=1S/C19H19Cl2N5/c20-14-2-6-17(21)13(11-14)1-3-15-4-5-16-12-25(9-10-26(15)16)19-18(22)23-7-8-24-19/h2,6-8,11,15-16H,4-5,9-10,12H2,(H2,22,23)/t15?,16-/m0/s1. The van der Waals surface area contributed by atoms with Gasteiger partial charge in [0.2, 0.25) is 0 Å². The molecule has 1 unspecified atom stereocenters. The molecular weight excluding hydrogens is 369 g/mol. The molecule has 2 saturated heterocycles. The van der Waals surface area contributed by atoms with Crippen LogP contribution in [0.3, 0.4) is 0 Å². The van der Waals surface area contributed by atoms with Crippen LogP contribution < -0.4 is 10.6 Å². The van der Waals surface area contributed by atoms with Crippen molar-refractivity contribution in [3.63, 3.8) is 0 Å². The fourth-order valence-corrected chi connectivity index (χ4v) is 4.08. The van der Waals surface area contributed by atoms with Crippen LogP contribution >= 0.6 is 23.2 Å². The first kappa shape index (κ1) is 17.4. The summed E-state index contributed by atoms with van der Waals surface area (Å²) < 4.78 is 0. The molecule has 26 heavy (non-hydrogen) atoms. The lowest BCUT2D eigenvalue weighted by Gasteiger charge is -2.39. The van der Waals surface area contributed by atoms with Gasteiger partial charge in [0.15, 0.2) is 11.6 Å². The highest BCUT2D eigenvalue weighted by Gasteiger charge is 2.37. The summed E-state index contributed by atoms with van der Waals surface area (Å²) in [6.45, 7) is 2.71. The van der Waals surface area contributed by atoms with Gasteiger partial charge in [-0.3, -0.25) is 4.90 Å². The Morgan fingerprint density at radius 1 is 1.12 bits per heavy atom. The average Bonchev–Trinajstić information content (AvgIpc) is 3.05.